The van der Waals surface area contributed by atoms with E-state index in [0.717, 1.165) is 13.0 Å². The second kappa shape index (κ2) is 8.46. The molecule has 2 amide bonds. The van der Waals surface area contributed by atoms with Crippen LogP contribution in [0.4, 0.5) is 4.39 Å². The van der Waals surface area contributed by atoms with E-state index in [9.17, 15) is 23.9 Å². The first kappa shape index (κ1) is 20.6. The van der Waals surface area contributed by atoms with Gasteiger partial charge in [0.2, 0.25) is 5.91 Å². The fourth-order valence-electron chi connectivity index (χ4n) is 3.53. The second-order valence-electron chi connectivity index (χ2n) is 7.27. The first-order valence-electron chi connectivity index (χ1n) is 9.54. The topological polar surface area (TPSA) is 91.6 Å². The molecular formula is C21H24FN3O4. The third-order valence-corrected chi connectivity index (χ3v) is 5.05. The lowest BCUT2D eigenvalue weighted by molar-refractivity contribution is -0.127. The monoisotopic (exact) mass is 401 g/mol. The number of nitrogens with one attached hydrogen (secondary N) is 1. The van der Waals surface area contributed by atoms with Gasteiger partial charge in [-0.05, 0) is 49.6 Å². The maximum atomic E-state index is 13.8. The summed E-state index contributed by atoms with van der Waals surface area (Å²) in [6.07, 6.45) is 1.99. The normalized spacial score (nSPS) is 13.8. The SMILES string of the molecule is Cc1cc(F)cc(-c2cc(C(=O)NCCCN3CCCC3=O)c(O)c(=O)n2C)c1. The summed E-state index contributed by atoms with van der Waals surface area (Å²) in [7, 11) is 1.45. The molecule has 8 heteroatoms. The molecule has 7 nitrogen and oxygen atoms in total. The molecule has 0 saturated carbocycles. The number of carbonyl (C=O) groups excluding carboxylic acids is 2. The minimum absolute atomic E-state index is 0.121. The highest BCUT2D eigenvalue weighted by Crippen LogP contribution is 2.24. The number of likely N-dealkylation sites (tertiary alicyclic amines) is 1. The van der Waals surface area contributed by atoms with Crippen LogP contribution in [0.2, 0.25) is 0 Å². The molecule has 0 aliphatic carbocycles. The van der Waals surface area contributed by atoms with Crippen molar-refractivity contribution in [2.45, 2.75) is 26.2 Å². The Bertz CT molecular complexity index is 995. The van der Waals surface area contributed by atoms with E-state index in [2.05, 4.69) is 5.32 Å². The van der Waals surface area contributed by atoms with Crippen molar-refractivity contribution in [3.63, 3.8) is 0 Å². The Morgan fingerprint density at radius 3 is 2.66 bits per heavy atom. The Hall–Kier alpha value is -3.16. The molecule has 154 valence electrons. The predicted octanol–water partition coefficient (Wildman–Crippen LogP) is 1.95. The number of rotatable bonds is 6. The fraction of sp³-hybridized carbons (Fsp3) is 0.381. The summed E-state index contributed by atoms with van der Waals surface area (Å²) in [4.78, 5) is 38.3. The fourth-order valence-corrected chi connectivity index (χ4v) is 3.53. The zero-order valence-corrected chi connectivity index (χ0v) is 16.5. The Labute approximate surface area is 167 Å². The van der Waals surface area contributed by atoms with Crippen molar-refractivity contribution in [2.24, 2.45) is 7.05 Å². The van der Waals surface area contributed by atoms with Crippen LogP contribution in [0.15, 0.2) is 29.1 Å². The Morgan fingerprint density at radius 1 is 1.24 bits per heavy atom. The first-order valence-corrected chi connectivity index (χ1v) is 9.54. The van der Waals surface area contributed by atoms with Gasteiger partial charge < -0.3 is 19.9 Å². The number of hydrogen-bond donors (Lipinski definition) is 2. The van der Waals surface area contributed by atoms with Crippen LogP contribution < -0.4 is 10.9 Å². The van der Waals surface area contributed by atoms with Gasteiger partial charge in [-0.1, -0.05) is 0 Å². The van der Waals surface area contributed by atoms with Gasteiger partial charge in [-0.3, -0.25) is 14.4 Å². The Morgan fingerprint density at radius 2 is 2.00 bits per heavy atom. The lowest BCUT2D eigenvalue weighted by Crippen LogP contribution is -2.31. The van der Waals surface area contributed by atoms with E-state index in [1.165, 1.54) is 29.8 Å². The molecule has 1 fully saturated rings. The molecule has 0 bridgehead atoms. The third kappa shape index (κ3) is 4.47. The quantitative estimate of drug-likeness (QED) is 0.724. The summed E-state index contributed by atoms with van der Waals surface area (Å²) in [6.45, 7) is 3.31. The molecule has 1 aromatic heterocycles. The van der Waals surface area contributed by atoms with Crippen LogP contribution in [-0.4, -0.2) is 46.0 Å². The van der Waals surface area contributed by atoms with Crippen LogP contribution in [-0.2, 0) is 11.8 Å². The summed E-state index contributed by atoms with van der Waals surface area (Å²) in [5.41, 5.74) is 0.523. The average Bonchev–Trinajstić information content (AvgIpc) is 3.07. The molecule has 0 radical (unpaired) electrons. The van der Waals surface area contributed by atoms with Crippen molar-refractivity contribution in [2.75, 3.05) is 19.6 Å². The number of aromatic hydroxyl groups is 1. The van der Waals surface area contributed by atoms with Crippen molar-refractivity contribution in [1.29, 1.82) is 0 Å². The number of benzene rings is 1. The van der Waals surface area contributed by atoms with Crippen LogP contribution in [0.5, 0.6) is 5.75 Å². The first-order chi connectivity index (χ1) is 13.8. The van der Waals surface area contributed by atoms with Crippen LogP contribution in [0.25, 0.3) is 11.3 Å². The van der Waals surface area contributed by atoms with E-state index in [1.807, 2.05) is 0 Å². The number of hydrogen-bond acceptors (Lipinski definition) is 4. The largest absolute Gasteiger partial charge is 0.502 e. The van der Waals surface area contributed by atoms with Gasteiger partial charge in [-0.15, -0.1) is 0 Å². The zero-order chi connectivity index (χ0) is 21.1. The van der Waals surface area contributed by atoms with Gasteiger partial charge in [0.15, 0.2) is 5.75 Å². The molecule has 29 heavy (non-hydrogen) atoms. The summed E-state index contributed by atoms with van der Waals surface area (Å²) in [5, 5.41) is 12.8. The van der Waals surface area contributed by atoms with Gasteiger partial charge in [0.25, 0.3) is 11.5 Å². The lowest BCUT2D eigenvalue weighted by atomic mass is 10.0. The number of amides is 2. The molecule has 0 spiro atoms. The van der Waals surface area contributed by atoms with E-state index < -0.39 is 23.0 Å². The van der Waals surface area contributed by atoms with Crippen LogP contribution in [0, 0.1) is 12.7 Å². The van der Waals surface area contributed by atoms with Gasteiger partial charge in [0, 0.05) is 38.7 Å². The highest BCUT2D eigenvalue weighted by molar-refractivity contribution is 5.97. The Balaban J connectivity index is 1.77. The van der Waals surface area contributed by atoms with E-state index >= 15 is 0 Å². The second-order valence-corrected chi connectivity index (χ2v) is 7.27. The zero-order valence-electron chi connectivity index (χ0n) is 16.5. The smallest absolute Gasteiger partial charge is 0.293 e. The molecular weight excluding hydrogens is 377 g/mol. The van der Waals surface area contributed by atoms with Gasteiger partial charge >= 0.3 is 0 Å². The van der Waals surface area contributed by atoms with Crippen LogP contribution >= 0.6 is 0 Å². The number of aryl methyl sites for hydroxylation is 1. The number of pyridine rings is 1. The molecule has 0 atom stereocenters. The van der Waals surface area contributed by atoms with Gasteiger partial charge in [0.05, 0.1) is 11.3 Å². The lowest BCUT2D eigenvalue weighted by Gasteiger charge is -2.16. The van der Waals surface area contributed by atoms with Crippen molar-refractivity contribution < 1.29 is 19.1 Å². The minimum atomic E-state index is -0.739. The molecule has 3 rings (SSSR count). The summed E-state index contributed by atoms with van der Waals surface area (Å²) in [6, 6.07) is 5.71. The van der Waals surface area contributed by atoms with Crippen molar-refractivity contribution >= 4 is 11.8 Å². The highest BCUT2D eigenvalue weighted by Gasteiger charge is 2.21. The maximum absolute atomic E-state index is 13.8. The van der Waals surface area contributed by atoms with Gasteiger partial charge in [-0.2, -0.15) is 0 Å². The highest BCUT2D eigenvalue weighted by atomic mass is 19.1. The molecule has 2 heterocycles. The average molecular weight is 401 g/mol. The Kier molecular flexibility index (Phi) is 6.00. The molecule has 1 saturated heterocycles. The number of nitrogens with zero attached hydrogens (tertiary/aromatic N) is 2. The number of halogens is 1. The van der Waals surface area contributed by atoms with E-state index in [-0.39, 0.29) is 11.5 Å². The van der Waals surface area contributed by atoms with Gasteiger partial charge in [0.1, 0.15) is 5.82 Å². The molecule has 1 aliphatic heterocycles. The molecule has 1 aliphatic rings. The predicted molar refractivity (Wildman–Crippen MR) is 106 cm³/mol. The van der Waals surface area contributed by atoms with Crippen LogP contribution in [0.3, 0.4) is 0 Å². The van der Waals surface area contributed by atoms with E-state index in [1.54, 1.807) is 17.9 Å². The summed E-state index contributed by atoms with van der Waals surface area (Å²) >= 11 is 0. The molecule has 0 unspecified atom stereocenters. The van der Waals surface area contributed by atoms with E-state index in [0.29, 0.717) is 42.8 Å². The minimum Gasteiger partial charge on any atom is -0.502 e. The third-order valence-electron chi connectivity index (χ3n) is 5.05. The van der Waals surface area contributed by atoms with Crippen molar-refractivity contribution in [3.8, 4) is 17.0 Å². The van der Waals surface area contributed by atoms with Crippen LogP contribution in [0.1, 0.15) is 35.2 Å². The number of aromatic nitrogens is 1. The molecule has 2 N–H and O–H groups in total. The molecule has 2 aromatic rings. The molecule has 1 aromatic carbocycles. The van der Waals surface area contributed by atoms with Crippen molar-refractivity contribution in [3.05, 3.63) is 51.6 Å². The maximum Gasteiger partial charge on any atom is 0.293 e. The van der Waals surface area contributed by atoms with Gasteiger partial charge in [-0.25, -0.2) is 4.39 Å². The standard InChI is InChI=1S/C21H24FN3O4/c1-13-9-14(11-15(22)10-13)17-12-16(19(27)21(29)24(17)2)20(28)23-6-4-8-25-7-3-5-18(25)26/h9-12,27H,3-8H2,1-2H3,(H,23,28). The summed E-state index contributed by atoms with van der Waals surface area (Å²) < 4.78 is 15.0. The number of carbonyl (C=O) groups is 2. The van der Waals surface area contributed by atoms with Crippen molar-refractivity contribution in [1.82, 2.24) is 14.8 Å². The summed E-state index contributed by atoms with van der Waals surface area (Å²) in [5.74, 6) is -1.59. The van der Waals surface area contributed by atoms with E-state index in [4.69, 9.17) is 0 Å².